The molecule has 0 saturated heterocycles. The molecule has 0 fully saturated rings. The normalized spacial score (nSPS) is 16.8. The lowest BCUT2D eigenvalue weighted by atomic mass is 10.3. The van der Waals surface area contributed by atoms with E-state index in [0.717, 1.165) is 13.1 Å². The number of methoxy groups -OCH3 is 1. The number of nitrogens with one attached hydrogen (secondary N) is 1. The van der Waals surface area contributed by atoms with Gasteiger partial charge in [-0.1, -0.05) is 0 Å². The molecule has 0 bridgehead atoms. The van der Waals surface area contributed by atoms with Crippen LogP contribution in [0.25, 0.3) is 0 Å². The zero-order valence-electron chi connectivity index (χ0n) is 7.05. The van der Waals surface area contributed by atoms with Crippen LogP contribution in [0, 0.1) is 0 Å². The molecule has 3 nitrogen and oxygen atoms in total. The van der Waals surface area contributed by atoms with Gasteiger partial charge in [0.2, 0.25) is 0 Å². The number of hydrogen-bond donors (Lipinski definition) is 2. The third-order valence-electron chi connectivity index (χ3n) is 1.30. The summed E-state index contributed by atoms with van der Waals surface area (Å²) in [5.74, 6) is 0. The van der Waals surface area contributed by atoms with Crippen molar-refractivity contribution in [3.63, 3.8) is 0 Å². The number of nitrogens with two attached hydrogens (primary N) is 1. The zero-order chi connectivity index (χ0) is 7.98. The molecule has 0 aliphatic heterocycles. The average molecular weight is 146 g/mol. The topological polar surface area (TPSA) is 47.3 Å². The van der Waals surface area contributed by atoms with Crippen LogP contribution >= 0.6 is 0 Å². The van der Waals surface area contributed by atoms with Gasteiger partial charge in [0.15, 0.2) is 0 Å². The molecule has 0 radical (unpaired) electrons. The number of rotatable bonds is 5. The van der Waals surface area contributed by atoms with Crippen LogP contribution in [0.1, 0.15) is 13.8 Å². The summed E-state index contributed by atoms with van der Waals surface area (Å²) in [6, 6.07) is 0.226. The second-order valence-corrected chi connectivity index (χ2v) is 2.68. The fourth-order valence-corrected chi connectivity index (χ4v) is 0.598. The minimum atomic E-state index is 0.226. The summed E-state index contributed by atoms with van der Waals surface area (Å²) in [5, 5.41) is 3.19. The summed E-state index contributed by atoms with van der Waals surface area (Å²) in [4.78, 5) is 0. The smallest absolute Gasteiger partial charge is 0.0667 e. The molecule has 0 spiro atoms. The maximum Gasteiger partial charge on any atom is 0.0667 e. The van der Waals surface area contributed by atoms with Crippen LogP contribution in [0.4, 0.5) is 0 Å². The van der Waals surface area contributed by atoms with Gasteiger partial charge >= 0.3 is 0 Å². The average Bonchev–Trinajstić information content (AvgIpc) is 1.87. The lowest BCUT2D eigenvalue weighted by Gasteiger charge is -2.11. The van der Waals surface area contributed by atoms with E-state index in [0.29, 0.717) is 0 Å². The number of hydrogen-bond acceptors (Lipinski definition) is 3. The van der Waals surface area contributed by atoms with E-state index in [9.17, 15) is 0 Å². The second kappa shape index (κ2) is 5.65. The summed E-state index contributed by atoms with van der Waals surface area (Å²) >= 11 is 0. The molecular formula is C7H18N2O. The van der Waals surface area contributed by atoms with E-state index in [4.69, 9.17) is 10.5 Å². The van der Waals surface area contributed by atoms with Crippen LogP contribution in [0.2, 0.25) is 0 Å². The maximum atomic E-state index is 5.52. The molecule has 0 aliphatic rings. The van der Waals surface area contributed by atoms with Gasteiger partial charge in [-0.25, -0.2) is 0 Å². The summed E-state index contributed by atoms with van der Waals surface area (Å²) in [6.45, 7) is 5.73. The Labute approximate surface area is 62.9 Å². The van der Waals surface area contributed by atoms with Gasteiger partial charge in [0.25, 0.3) is 0 Å². The molecule has 0 heterocycles. The minimum absolute atomic E-state index is 0.226. The van der Waals surface area contributed by atoms with Gasteiger partial charge in [-0.15, -0.1) is 0 Å². The molecule has 0 amide bonds. The summed E-state index contributed by atoms with van der Waals surface area (Å²) in [5.41, 5.74) is 5.52. The van der Waals surface area contributed by atoms with E-state index in [-0.39, 0.29) is 12.1 Å². The predicted octanol–water partition coefficient (Wildman–Crippen LogP) is -0.0419. The molecule has 10 heavy (non-hydrogen) atoms. The van der Waals surface area contributed by atoms with Crippen molar-refractivity contribution in [3.05, 3.63) is 0 Å². The van der Waals surface area contributed by atoms with Crippen LogP contribution in [0.3, 0.4) is 0 Å². The van der Waals surface area contributed by atoms with Gasteiger partial charge in [0.05, 0.1) is 6.10 Å². The predicted molar refractivity (Wildman–Crippen MR) is 43.0 cm³/mol. The van der Waals surface area contributed by atoms with Crippen molar-refractivity contribution in [2.24, 2.45) is 5.73 Å². The Kier molecular flexibility index (Phi) is 5.58. The van der Waals surface area contributed by atoms with E-state index >= 15 is 0 Å². The molecule has 62 valence electrons. The molecule has 3 N–H and O–H groups in total. The zero-order valence-corrected chi connectivity index (χ0v) is 7.05. The molecule has 3 heteroatoms. The Bertz CT molecular complexity index is 76.0. The van der Waals surface area contributed by atoms with Gasteiger partial charge in [-0.3, -0.25) is 0 Å². The van der Waals surface area contributed by atoms with E-state index in [1.54, 1.807) is 7.11 Å². The fraction of sp³-hybridized carbons (Fsp3) is 1.00. The van der Waals surface area contributed by atoms with Crippen LogP contribution in [0.15, 0.2) is 0 Å². The van der Waals surface area contributed by atoms with Crippen molar-refractivity contribution in [2.75, 3.05) is 20.2 Å². The summed E-state index contributed by atoms with van der Waals surface area (Å²) in [7, 11) is 1.71. The first kappa shape index (κ1) is 9.88. The maximum absolute atomic E-state index is 5.52. The Morgan fingerprint density at radius 1 is 1.40 bits per heavy atom. The summed E-state index contributed by atoms with van der Waals surface area (Å²) < 4.78 is 5.03. The second-order valence-electron chi connectivity index (χ2n) is 2.68. The van der Waals surface area contributed by atoms with Gasteiger partial charge < -0.3 is 15.8 Å². The number of ether oxygens (including phenoxy) is 1. The van der Waals surface area contributed by atoms with Crippen molar-refractivity contribution in [3.8, 4) is 0 Å². The first-order valence-electron chi connectivity index (χ1n) is 3.66. The Morgan fingerprint density at radius 3 is 2.40 bits per heavy atom. The fourth-order valence-electron chi connectivity index (χ4n) is 0.598. The van der Waals surface area contributed by atoms with E-state index in [1.807, 2.05) is 13.8 Å². The molecule has 0 aromatic rings. The highest BCUT2D eigenvalue weighted by Gasteiger charge is 1.98. The molecular weight excluding hydrogens is 128 g/mol. The standard InChI is InChI=1S/C7H18N2O/c1-6(8)4-9-5-7(2)10-3/h6-7,9H,4-5,8H2,1-3H3. The molecule has 0 rings (SSSR count). The first-order chi connectivity index (χ1) is 4.66. The molecule has 2 atom stereocenters. The highest BCUT2D eigenvalue weighted by atomic mass is 16.5. The van der Waals surface area contributed by atoms with Crippen LogP contribution < -0.4 is 11.1 Å². The van der Waals surface area contributed by atoms with Crippen LogP contribution in [-0.2, 0) is 4.74 Å². The molecule has 0 aliphatic carbocycles. The molecule has 0 saturated carbocycles. The Morgan fingerprint density at radius 2 is 2.00 bits per heavy atom. The highest BCUT2D eigenvalue weighted by Crippen LogP contribution is 1.83. The third kappa shape index (κ3) is 6.01. The lowest BCUT2D eigenvalue weighted by Crippen LogP contribution is -2.35. The van der Waals surface area contributed by atoms with E-state index in [1.165, 1.54) is 0 Å². The van der Waals surface area contributed by atoms with Crippen LogP contribution in [-0.4, -0.2) is 32.3 Å². The molecule has 0 aromatic carbocycles. The lowest BCUT2D eigenvalue weighted by molar-refractivity contribution is 0.117. The van der Waals surface area contributed by atoms with Crippen molar-refractivity contribution in [2.45, 2.75) is 26.0 Å². The van der Waals surface area contributed by atoms with E-state index in [2.05, 4.69) is 5.32 Å². The van der Waals surface area contributed by atoms with Gasteiger partial charge in [0.1, 0.15) is 0 Å². The first-order valence-corrected chi connectivity index (χ1v) is 3.66. The van der Waals surface area contributed by atoms with Gasteiger partial charge in [0, 0.05) is 26.2 Å². The van der Waals surface area contributed by atoms with Crippen molar-refractivity contribution in [1.82, 2.24) is 5.32 Å². The van der Waals surface area contributed by atoms with E-state index < -0.39 is 0 Å². The summed E-state index contributed by atoms with van der Waals surface area (Å²) in [6.07, 6.45) is 0.277. The highest BCUT2D eigenvalue weighted by molar-refractivity contribution is 4.59. The Balaban J connectivity index is 3.03. The van der Waals surface area contributed by atoms with Crippen molar-refractivity contribution < 1.29 is 4.74 Å². The quantitative estimate of drug-likeness (QED) is 0.572. The monoisotopic (exact) mass is 146 g/mol. The van der Waals surface area contributed by atoms with Gasteiger partial charge in [-0.2, -0.15) is 0 Å². The SMILES string of the molecule is COC(C)CNCC(C)N. The molecule has 0 aromatic heterocycles. The van der Waals surface area contributed by atoms with Gasteiger partial charge in [-0.05, 0) is 13.8 Å². The van der Waals surface area contributed by atoms with Crippen LogP contribution in [0.5, 0.6) is 0 Å². The largest absolute Gasteiger partial charge is 0.380 e. The van der Waals surface area contributed by atoms with Crippen molar-refractivity contribution in [1.29, 1.82) is 0 Å². The van der Waals surface area contributed by atoms with Crippen molar-refractivity contribution >= 4 is 0 Å². The third-order valence-corrected chi connectivity index (χ3v) is 1.30. The minimum Gasteiger partial charge on any atom is -0.380 e. The molecule has 2 unspecified atom stereocenters. The Hall–Kier alpha value is -0.120.